The van der Waals surface area contributed by atoms with E-state index in [-0.39, 0.29) is 6.04 Å². The van der Waals surface area contributed by atoms with E-state index in [1.54, 1.807) is 0 Å². The van der Waals surface area contributed by atoms with Crippen molar-refractivity contribution in [2.24, 2.45) is 5.73 Å². The summed E-state index contributed by atoms with van der Waals surface area (Å²) in [6.07, 6.45) is 2.51. The highest BCUT2D eigenvalue weighted by molar-refractivity contribution is 7.80. The van der Waals surface area contributed by atoms with Crippen LogP contribution < -0.4 is 5.73 Å². The van der Waals surface area contributed by atoms with Crippen molar-refractivity contribution in [1.29, 1.82) is 0 Å². The van der Waals surface area contributed by atoms with Gasteiger partial charge in [0.1, 0.15) is 0 Å². The van der Waals surface area contributed by atoms with Crippen molar-refractivity contribution < 1.29 is 0 Å². The Morgan fingerprint density at radius 3 is 2.06 bits per heavy atom. The SMILES string of the molecule is CC(C)c1ccc(C(C(N)=S)N2CCCC2)cc1. The third-order valence-electron chi connectivity index (χ3n) is 3.69. The van der Waals surface area contributed by atoms with Crippen LogP contribution >= 0.6 is 12.2 Å². The zero-order chi connectivity index (χ0) is 13.1. The Morgan fingerprint density at radius 2 is 1.61 bits per heavy atom. The predicted octanol–water partition coefficient (Wildman–Crippen LogP) is 3.23. The number of rotatable bonds is 4. The molecule has 3 heteroatoms. The molecule has 0 aromatic heterocycles. The monoisotopic (exact) mass is 262 g/mol. The van der Waals surface area contributed by atoms with E-state index in [2.05, 4.69) is 43.0 Å². The van der Waals surface area contributed by atoms with Gasteiger partial charge in [0.25, 0.3) is 0 Å². The molecule has 18 heavy (non-hydrogen) atoms. The number of likely N-dealkylation sites (tertiary alicyclic amines) is 1. The molecule has 1 aliphatic heterocycles. The Bertz CT molecular complexity index is 405. The van der Waals surface area contributed by atoms with Gasteiger partial charge in [-0.05, 0) is 43.0 Å². The quantitative estimate of drug-likeness (QED) is 0.845. The van der Waals surface area contributed by atoms with Gasteiger partial charge in [0.15, 0.2) is 0 Å². The molecule has 0 radical (unpaired) electrons. The minimum Gasteiger partial charge on any atom is -0.392 e. The normalized spacial score (nSPS) is 18.2. The lowest BCUT2D eigenvalue weighted by Gasteiger charge is -2.27. The van der Waals surface area contributed by atoms with Crippen LogP contribution in [0.25, 0.3) is 0 Å². The molecule has 1 aliphatic rings. The molecule has 1 heterocycles. The van der Waals surface area contributed by atoms with Crippen molar-refractivity contribution >= 4 is 17.2 Å². The van der Waals surface area contributed by atoms with Gasteiger partial charge in [0.2, 0.25) is 0 Å². The van der Waals surface area contributed by atoms with Crippen LogP contribution in [0.1, 0.15) is 49.8 Å². The van der Waals surface area contributed by atoms with Crippen molar-refractivity contribution in [3.05, 3.63) is 35.4 Å². The molecule has 1 unspecified atom stereocenters. The first-order chi connectivity index (χ1) is 8.59. The van der Waals surface area contributed by atoms with Gasteiger partial charge in [0, 0.05) is 0 Å². The minimum absolute atomic E-state index is 0.115. The van der Waals surface area contributed by atoms with Gasteiger partial charge in [-0.1, -0.05) is 50.3 Å². The van der Waals surface area contributed by atoms with E-state index >= 15 is 0 Å². The van der Waals surface area contributed by atoms with Gasteiger partial charge >= 0.3 is 0 Å². The molecule has 2 N–H and O–H groups in total. The Hall–Kier alpha value is -0.930. The standard InChI is InChI=1S/C15H22N2S/c1-11(2)12-5-7-13(8-6-12)14(15(16)18)17-9-3-4-10-17/h5-8,11,14H,3-4,9-10H2,1-2H3,(H2,16,18). The molecule has 98 valence electrons. The fourth-order valence-electron chi connectivity index (χ4n) is 2.62. The Labute approximate surface area is 115 Å². The van der Waals surface area contributed by atoms with Gasteiger partial charge in [0.05, 0.1) is 11.0 Å². The number of nitrogens with zero attached hydrogens (tertiary/aromatic N) is 1. The molecular weight excluding hydrogens is 240 g/mol. The minimum atomic E-state index is 0.115. The van der Waals surface area contributed by atoms with E-state index in [1.165, 1.54) is 24.0 Å². The van der Waals surface area contributed by atoms with Gasteiger partial charge in [-0.2, -0.15) is 0 Å². The van der Waals surface area contributed by atoms with Crippen molar-refractivity contribution in [2.45, 2.75) is 38.6 Å². The molecule has 2 nitrogen and oxygen atoms in total. The molecule has 0 aliphatic carbocycles. The number of nitrogens with two attached hydrogens (primary N) is 1. The maximum absolute atomic E-state index is 5.94. The van der Waals surface area contributed by atoms with E-state index in [0.29, 0.717) is 10.9 Å². The second kappa shape index (κ2) is 5.81. The van der Waals surface area contributed by atoms with E-state index in [1.807, 2.05) is 0 Å². The second-order valence-corrected chi connectivity index (χ2v) is 5.84. The molecule has 0 saturated carbocycles. The summed E-state index contributed by atoms with van der Waals surface area (Å²) in [5.74, 6) is 0.564. The average molecular weight is 262 g/mol. The van der Waals surface area contributed by atoms with E-state index in [0.717, 1.165) is 13.1 Å². The largest absolute Gasteiger partial charge is 0.392 e. The van der Waals surface area contributed by atoms with Crippen LogP contribution in [0.2, 0.25) is 0 Å². The van der Waals surface area contributed by atoms with E-state index in [9.17, 15) is 0 Å². The molecule has 0 bridgehead atoms. The van der Waals surface area contributed by atoms with Crippen LogP contribution in [0, 0.1) is 0 Å². The third-order valence-corrected chi connectivity index (χ3v) is 3.92. The Balaban J connectivity index is 2.22. The van der Waals surface area contributed by atoms with Crippen molar-refractivity contribution in [3.8, 4) is 0 Å². The summed E-state index contributed by atoms with van der Waals surface area (Å²) in [5, 5.41) is 0. The Morgan fingerprint density at radius 1 is 1.11 bits per heavy atom. The Kier molecular flexibility index (Phi) is 4.36. The number of thiocarbonyl (C=S) groups is 1. The van der Waals surface area contributed by atoms with Crippen molar-refractivity contribution in [2.75, 3.05) is 13.1 Å². The summed E-state index contributed by atoms with van der Waals surface area (Å²) >= 11 is 5.26. The van der Waals surface area contributed by atoms with Crippen molar-refractivity contribution in [3.63, 3.8) is 0 Å². The van der Waals surface area contributed by atoms with Gasteiger partial charge < -0.3 is 5.73 Å². The second-order valence-electron chi connectivity index (χ2n) is 5.37. The number of hydrogen-bond acceptors (Lipinski definition) is 2. The lowest BCUT2D eigenvalue weighted by Crippen LogP contribution is -2.34. The number of hydrogen-bond donors (Lipinski definition) is 1. The molecule has 2 rings (SSSR count). The van der Waals surface area contributed by atoms with Gasteiger partial charge in [-0.15, -0.1) is 0 Å². The van der Waals surface area contributed by atoms with E-state index in [4.69, 9.17) is 18.0 Å². The predicted molar refractivity (Wildman–Crippen MR) is 80.9 cm³/mol. The average Bonchev–Trinajstić information content (AvgIpc) is 2.83. The molecule has 1 atom stereocenters. The summed E-state index contributed by atoms with van der Waals surface area (Å²) in [7, 11) is 0. The lowest BCUT2D eigenvalue weighted by atomic mass is 9.98. The van der Waals surface area contributed by atoms with E-state index < -0.39 is 0 Å². The van der Waals surface area contributed by atoms with Crippen LogP contribution in [0.15, 0.2) is 24.3 Å². The zero-order valence-electron chi connectivity index (χ0n) is 11.2. The highest BCUT2D eigenvalue weighted by atomic mass is 32.1. The van der Waals surface area contributed by atoms with Gasteiger partial charge in [-0.25, -0.2) is 0 Å². The summed E-state index contributed by atoms with van der Waals surface area (Å²) in [5.41, 5.74) is 8.53. The topological polar surface area (TPSA) is 29.3 Å². The highest BCUT2D eigenvalue weighted by Gasteiger charge is 2.25. The van der Waals surface area contributed by atoms with Crippen LogP contribution in [0.5, 0.6) is 0 Å². The first kappa shape index (κ1) is 13.5. The van der Waals surface area contributed by atoms with Crippen LogP contribution in [0.4, 0.5) is 0 Å². The number of benzene rings is 1. The molecule has 0 amide bonds. The van der Waals surface area contributed by atoms with Gasteiger partial charge in [-0.3, -0.25) is 4.90 Å². The first-order valence-electron chi connectivity index (χ1n) is 6.73. The zero-order valence-corrected chi connectivity index (χ0v) is 12.0. The van der Waals surface area contributed by atoms with Crippen LogP contribution in [-0.4, -0.2) is 23.0 Å². The summed E-state index contributed by atoms with van der Waals surface area (Å²) in [4.78, 5) is 2.99. The first-order valence-corrected chi connectivity index (χ1v) is 7.13. The van der Waals surface area contributed by atoms with Crippen LogP contribution in [-0.2, 0) is 0 Å². The molecule has 1 saturated heterocycles. The molecule has 1 aromatic rings. The molecule has 1 aromatic carbocycles. The maximum Gasteiger partial charge on any atom is 0.0948 e. The summed E-state index contributed by atoms with van der Waals surface area (Å²) in [6.45, 7) is 6.63. The van der Waals surface area contributed by atoms with Crippen LogP contribution in [0.3, 0.4) is 0 Å². The fraction of sp³-hybridized carbons (Fsp3) is 0.533. The molecule has 1 fully saturated rings. The lowest BCUT2D eigenvalue weighted by molar-refractivity contribution is 0.305. The smallest absolute Gasteiger partial charge is 0.0948 e. The van der Waals surface area contributed by atoms with Crippen molar-refractivity contribution in [1.82, 2.24) is 4.90 Å². The third kappa shape index (κ3) is 2.90. The maximum atomic E-state index is 5.94. The fourth-order valence-corrected chi connectivity index (χ4v) is 2.90. The molecular formula is C15H22N2S. The molecule has 0 spiro atoms. The summed E-state index contributed by atoms with van der Waals surface area (Å²) in [6, 6.07) is 8.86. The highest BCUT2D eigenvalue weighted by Crippen LogP contribution is 2.26. The summed E-state index contributed by atoms with van der Waals surface area (Å²) < 4.78 is 0.